The van der Waals surface area contributed by atoms with Crippen molar-refractivity contribution in [3.8, 4) is 5.75 Å². The van der Waals surface area contributed by atoms with E-state index < -0.39 is 0 Å². The largest absolute Gasteiger partial charge is 0.493 e. The molecule has 3 nitrogen and oxygen atoms in total. The predicted octanol–water partition coefficient (Wildman–Crippen LogP) is 4.61. The molecule has 0 aliphatic carbocycles. The molecule has 0 heterocycles. The molecule has 3 heteroatoms. The molecule has 0 amide bonds. The van der Waals surface area contributed by atoms with Gasteiger partial charge >= 0.3 is 5.97 Å². The first-order valence-electron chi connectivity index (χ1n) is 7.84. The Hall–Kier alpha value is -1.77. The molecule has 1 aromatic carbocycles. The van der Waals surface area contributed by atoms with Crippen molar-refractivity contribution in [2.45, 2.75) is 46.0 Å². The molecule has 0 saturated heterocycles. The van der Waals surface area contributed by atoms with Crippen LogP contribution in [0, 0.1) is 0 Å². The van der Waals surface area contributed by atoms with E-state index >= 15 is 0 Å². The van der Waals surface area contributed by atoms with Gasteiger partial charge in [0.2, 0.25) is 0 Å². The summed E-state index contributed by atoms with van der Waals surface area (Å²) in [6.45, 7) is 5.33. The summed E-state index contributed by atoms with van der Waals surface area (Å²) in [5.41, 5.74) is 0.904. The average Bonchev–Trinajstić information content (AvgIpc) is 2.51. The summed E-state index contributed by atoms with van der Waals surface area (Å²) in [7, 11) is 0. The Balaban J connectivity index is 2.50. The summed E-state index contributed by atoms with van der Waals surface area (Å²) in [5, 5.41) is 0. The lowest BCUT2D eigenvalue weighted by molar-refractivity contribution is -0.137. The molecule has 1 aromatic rings. The number of carbonyl (C=O) groups is 1. The van der Waals surface area contributed by atoms with Crippen LogP contribution in [0.15, 0.2) is 30.3 Å². The summed E-state index contributed by atoms with van der Waals surface area (Å²) in [5.74, 6) is 0.503. The Morgan fingerprint density at radius 1 is 1.05 bits per heavy atom. The van der Waals surface area contributed by atoms with Gasteiger partial charge in [0.25, 0.3) is 0 Å². The van der Waals surface area contributed by atoms with E-state index in [0.29, 0.717) is 13.2 Å². The molecule has 0 radical (unpaired) electrons. The number of esters is 1. The number of hydrogen-bond acceptors (Lipinski definition) is 3. The van der Waals surface area contributed by atoms with Gasteiger partial charge in [-0.15, -0.1) is 0 Å². The van der Waals surface area contributed by atoms with Crippen LogP contribution < -0.4 is 4.74 Å². The van der Waals surface area contributed by atoms with E-state index in [0.717, 1.165) is 24.2 Å². The fraction of sp³-hybridized carbons (Fsp3) is 0.500. The van der Waals surface area contributed by atoms with Crippen LogP contribution in [0.1, 0.15) is 51.5 Å². The third-order valence-corrected chi connectivity index (χ3v) is 3.02. The maximum atomic E-state index is 11.5. The zero-order chi connectivity index (χ0) is 15.3. The molecule has 0 aliphatic heterocycles. The van der Waals surface area contributed by atoms with Crippen molar-refractivity contribution in [3.05, 3.63) is 35.9 Å². The maximum Gasteiger partial charge on any atom is 0.330 e. The predicted molar refractivity (Wildman–Crippen MR) is 86.4 cm³/mol. The van der Waals surface area contributed by atoms with Crippen LogP contribution in [0.25, 0.3) is 6.08 Å². The Morgan fingerprint density at radius 2 is 1.86 bits per heavy atom. The Morgan fingerprint density at radius 3 is 2.62 bits per heavy atom. The van der Waals surface area contributed by atoms with Crippen molar-refractivity contribution < 1.29 is 14.3 Å². The number of hydrogen-bond donors (Lipinski definition) is 0. The number of carbonyl (C=O) groups excluding carboxylic acids is 1. The van der Waals surface area contributed by atoms with Crippen LogP contribution >= 0.6 is 0 Å². The topological polar surface area (TPSA) is 35.5 Å². The molecule has 0 saturated carbocycles. The fourth-order valence-corrected chi connectivity index (χ4v) is 1.87. The van der Waals surface area contributed by atoms with Gasteiger partial charge < -0.3 is 9.47 Å². The van der Waals surface area contributed by atoms with E-state index in [-0.39, 0.29) is 5.97 Å². The molecular formula is C18H26O3. The second kappa shape index (κ2) is 11.0. The first-order chi connectivity index (χ1) is 10.3. The molecule has 1 rings (SSSR count). The molecular weight excluding hydrogens is 264 g/mol. The van der Waals surface area contributed by atoms with Gasteiger partial charge in [0.05, 0.1) is 13.2 Å². The Kier molecular flexibility index (Phi) is 9.01. The Bertz CT molecular complexity index is 438. The van der Waals surface area contributed by atoms with Crippen molar-refractivity contribution >= 4 is 12.0 Å². The summed E-state index contributed by atoms with van der Waals surface area (Å²) in [6.07, 6.45) is 8.75. The van der Waals surface area contributed by atoms with Crippen LogP contribution in [0.5, 0.6) is 5.75 Å². The van der Waals surface area contributed by atoms with Gasteiger partial charge in [-0.25, -0.2) is 4.79 Å². The molecule has 0 fully saturated rings. The number of rotatable bonds is 10. The lowest BCUT2D eigenvalue weighted by Gasteiger charge is -2.08. The van der Waals surface area contributed by atoms with Crippen molar-refractivity contribution in [2.75, 3.05) is 13.2 Å². The second-order valence-corrected chi connectivity index (χ2v) is 4.95. The molecule has 0 bridgehead atoms. The van der Waals surface area contributed by atoms with Gasteiger partial charge in [-0.2, -0.15) is 0 Å². The number of para-hydroxylation sites is 1. The normalized spacial score (nSPS) is 10.8. The van der Waals surface area contributed by atoms with Crippen molar-refractivity contribution in [3.63, 3.8) is 0 Å². The average molecular weight is 290 g/mol. The van der Waals surface area contributed by atoms with E-state index in [1.165, 1.54) is 25.3 Å². The van der Waals surface area contributed by atoms with E-state index in [1.54, 1.807) is 6.08 Å². The summed E-state index contributed by atoms with van der Waals surface area (Å²) in [4.78, 5) is 11.5. The minimum absolute atomic E-state index is 0.311. The van der Waals surface area contributed by atoms with Crippen molar-refractivity contribution in [1.29, 1.82) is 0 Å². The molecule has 0 atom stereocenters. The van der Waals surface area contributed by atoms with Crippen LogP contribution in [0.2, 0.25) is 0 Å². The van der Waals surface area contributed by atoms with Gasteiger partial charge in [0.1, 0.15) is 5.75 Å². The molecule has 21 heavy (non-hydrogen) atoms. The van der Waals surface area contributed by atoms with Crippen LogP contribution in [-0.4, -0.2) is 19.2 Å². The second-order valence-electron chi connectivity index (χ2n) is 4.95. The zero-order valence-corrected chi connectivity index (χ0v) is 13.1. The molecule has 0 spiro atoms. The van der Waals surface area contributed by atoms with Crippen molar-refractivity contribution in [2.24, 2.45) is 0 Å². The highest BCUT2D eigenvalue weighted by molar-refractivity contribution is 5.87. The van der Waals surface area contributed by atoms with Crippen molar-refractivity contribution in [1.82, 2.24) is 0 Å². The molecule has 0 unspecified atom stereocenters. The SMILES string of the molecule is CCCCCCOc1ccccc1C=CC(=O)OCCC. The highest BCUT2D eigenvalue weighted by Gasteiger charge is 2.01. The molecule has 0 aliphatic rings. The van der Waals surface area contributed by atoms with E-state index in [1.807, 2.05) is 31.2 Å². The van der Waals surface area contributed by atoms with Gasteiger partial charge in [-0.1, -0.05) is 51.3 Å². The monoisotopic (exact) mass is 290 g/mol. The Labute approximate surface area is 128 Å². The first-order valence-corrected chi connectivity index (χ1v) is 7.84. The standard InChI is InChI=1S/C18H26O3/c1-3-5-6-9-15-20-17-11-8-7-10-16(17)12-13-18(19)21-14-4-2/h7-8,10-13H,3-6,9,14-15H2,1-2H3. The smallest absolute Gasteiger partial charge is 0.330 e. The lowest BCUT2D eigenvalue weighted by atomic mass is 10.2. The van der Waals surface area contributed by atoms with E-state index in [4.69, 9.17) is 9.47 Å². The summed E-state index contributed by atoms with van der Waals surface area (Å²) < 4.78 is 10.8. The molecule has 116 valence electrons. The summed E-state index contributed by atoms with van der Waals surface area (Å²) >= 11 is 0. The van der Waals surface area contributed by atoms with Gasteiger partial charge in [0, 0.05) is 11.6 Å². The lowest BCUT2D eigenvalue weighted by Crippen LogP contribution is -2.01. The van der Waals surface area contributed by atoms with Gasteiger partial charge in [-0.05, 0) is 25.0 Å². The molecule has 0 N–H and O–H groups in total. The quantitative estimate of drug-likeness (QED) is 0.358. The highest BCUT2D eigenvalue weighted by Crippen LogP contribution is 2.20. The number of unbranched alkanes of at least 4 members (excludes halogenated alkanes) is 3. The fourth-order valence-electron chi connectivity index (χ4n) is 1.87. The van der Waals surface area contributed by atoms with Gasteiger partial charge in [-0.3, -0.25) is 0 Å². The van der Waals surface area contributed by atoms with Crippen LogP contribution in [-0.2, 0) is 9.53 Å². The van der Waals surface area contributed by atoms with Crippen LogP contribution in [0.3, 0.4) is 0 Å². The number of ether oxygens (including phenoxy) is 2. The minimum atomic E-state index is -0.311. The first kappa shape index (κ1) is 17.3. The minimum Gasteiger partial charge on any atom is -0.493 e. The maximum absolute atomic E-state index is 11.5. The zero-order valence-electron chi connectivity index (χ0n) is 13.1. The highest BCUT2D eigenvalue weighted by atomic mass is 16.5. The summed E-state index contributed by atoms with van der Waals surface area (Å²) in [6, 6.07) is 7.73. The third-order valence-electron chi connectivity index (χ3n) is 3.02. The van der Waals surface area contributed by atoms with E-state index in [2.05, 4.69) is 6.92 Å². The van der Waals surface area contributed by atoms with E-state index in [9.17, 15) is 4.79 Å². The van der Waals surface area contributed by atoms with Gasteiger partial charge in [0.15, 0.2) is 0 Å². The van der Waals surface area contributed by atoms with Crippen LogP contribution in [0.4, 0.5) is 0 Å². The molecule has 0 aromatic heterocycles. The third kappa shape index (κ3) is 7.54. The number of benzene rings is 1.